The number of nitrogens with two attached hydrogens (primary N) is 1. The van der Waals surface area contributed by atoms with Crippen molar-refractivity contribution in [3.8, 4) is 5.69 Å². The zero-order valence-electron chi connectivity index (χ0n) is 8.99. The van der Waals surface area contributed by atoms with E-state index >= 15 is 0 Å². The highest BCUT2D eigenvalue weighted by Crippen LogP contribution is 2.30. The molecule has 2 aromatic rings. The summed E-state index contributed by atoms with van der Waals surface area (Å²) in [6, 6.07) is 4.93. The Bertz CT molecular complexity index is 524. The Labute approximate surface area is 95.7 Å². The van der Waals surface area contributed by atoms with E-state index in [9.17, 15) is 13.2 Å². The first-order valence-electron chi connectivity index (χ1n) is 4.87. The van der Waals surface area contributed by atoms with Crippen molar-refractivity contribution in [2.24, 2.45) is 0 Å². The maximum Gasteiger partial charge on any atom is 0.416 e. The van der Waals surface area contributed by atoms with E-state index in [1.54, 1.807) is 19.2 Å². The minimum Gasteiger partial charge on any atom is -0.382 e. The lowest BCUT2D eigenvalue weighted by molar-refractivity contribution is -0.137. The molecule has 1 aromatic carbocycles. The van der Waals surface area contributed by atoms with Crippen molar-refractivity contribution >= 4 is 5.82 Å². The highest BCUT2D eigenvalue weighted by atomic mass is 19.4. The van der Waals surface area contributed by atoms with Crippen molar-refractivity contribution < 1.29 is 13.2 Å². The molecule has 0 saturated carbocycles. The fourth-order valence-corrected chi connectivity index (χ4v) is 1.43. The second-order valence-corrected chi connectivity index (χ2v) is 3.69. The molecule has 1 heterocycles. The number of aromatic nitrogens is 2. The first kappa shape index (κ1) is 11.5. The van der Waals surface area contributed by atoms with Crippen LogP contribution in [0.5, 0.6) is 0 Å². The number of alkyl halides is 3. The van der Waals surface area contributed by atoms with E-state index in [1.165, 1.54) is 10.7 Å². The van der Waals surface area contributed by atoms with E-state index in [2.05, 4.69) is 5.10 Å². The summed E-state index contributed by atoms with van der Waals surface area (Å²) in [5.41, 5.74) is 5.90. The number of halogens is 3. The first-order valence-corrected chi connectivity index (χ1v) is 4.87. The summed E-state index contributed by atoms with van der Waals surface area (Å²) in [7, 11) is 0. The number of hydrogen-bond acceptors (Lipinski definition) is 2. The number of rotatable bonds is 1. The van der Waals surface area contributed by atoms with Crippen molar-refractivity contribution in [1.82, 2.24) is 9.78 Å². The number of benzene rings is 1. The lowest BCUT2D eigenvalue weighted by atomic mass is 10.2. The van der Waals surface area contributed by atoms with Gasteiger partial charge in [-0.15, -0.1) is 0 Å². The van der Waals surface area contributed by atoms with Gasteiger partial charge in [-0.3, -0.25) is 0 Å². The van der Waals surface area contributed by atoms with Gasteiger partial charge >= 0.3 is 6.18 Å². The van der Waals surface area contributed by atoms with Crippen LogP contribution in [0.4, 0.5) is 19.0 Å². The Hall–Kier alpha value is -1.98. The zero-order valence-corrected chi connectivity index (χ0v) is 8.99. The van der Waals surface area contributed by atoms with Crippen LogP contribution in [0.3, 0.4) is 0 Å². The molecule has 0 aliphatic rings. The van der Waals surface area contributed by atoms with Gasteiger partial charge < -0.3 is 5.73 Å². The van der Waals surface area contributed by atoms with E-state index in [0.717, 1.165) is 17.7 Å². The Kier molecular flexibility index (Phi) is 2.57. The highest BCUT2D eigenvalue weighted by molar-refractivity contribution is 5.42. The zero-order chi connectivity index (χ0) is 12.6. The van der Waals surface area contributed by atoms with E-state index in [-0.39, 0.29) is 0 Å². The van der Waals surface area contributed by atoms with E-state index in [1.807, 2.05) is 0 Å². The number of anilines is 1. The Balaban J connectivity index is 2.47. The molecule has 17 heavy (non-hydrogen) atoms. The fraction of sp³-hybridized carbons (Fsp3) is 0.182. The van der Waals surface area contributed by atoms with Crippen LogP contribution in [-0.4, -0.2) is 9.78 Å². The van der Waals surface area contributed by atoms with Gasteiger partial charge in [0.15, 0.2) is 0 Å². The molecular formula is C11H10F3N3. The Morgan fingerprint density at radius 1 is 1.29 bits per heavy atom. The molecule has 6 heteroatoms. The average Bonchev–Trinajstić information content (AvgIpc) is 2.58. The van der Waals surface area contributed by atoms with Gasteiger partial charge in [0.25, 0.3) is 0 Å². The largest absolute Gasteiger partial charge is 0.416 e. The fourth-order valence-electron chi connectivity index (χ4n) is 1.43. The Morgan fingerprint density at radius 3 is 2.53 bits per heavy atom. The SMILES string of the molecule is Cc1cn(-c2cccc(C(F)(F)F)c2)nc1N. The average molecular weight is 241 g/mol. The van der Waals surface area contributed by atoms with Crippen LogP contribution in [0.25, 0.3) is 5.69 Å². The normalized spacial score (nSPS) is 11.8. The van der Waals surface area contributed by atoms with Gasteiger partial charge in [0.1, 0.15) is 5.82 Å². The summed E-state index contributed by atoms with van der Waals surface area (Å²) in [6.45, 7) is 1.74. The highest BCUT2D eigenvalue weighted by Gasteiger charge is 2.30. The third-order valence-corrected chi connectivity index (χ3v) is 2.37. The second kappa shape index (κ2) is 3.80. The molecule has 2 N–H and O–H groups in total. The maximum atomic E-state index is 12.5. The van der Waals surface area contributed by atoms with Gasteiger partial charge in [-0.1, -0.05) is 6.07 Å². The summed E-state index contributed by atoms with van der Waals surface area (Å²) in [5.74, 6) is 0.308. The second-order valence-electron chi connectivity index (χ2n) is 3.69. The van der Waals surface area contributed by atoms with Crippen molar-refractivity contribution in [3.05, 3.63) is 41.6 Å². The molecule has 0 radical (unpaired) electrons. The smallest absolute Gasteiger partial charge is 0.382 e. The van der Waals surface area contributed by atoms with Crippen LogP contribution >= 0.6 is 0 Å². The number of nitrogen functional groups attached to an aromatic ring is 1. The molecule has 0 spiro atoms. The van der Waals surface area contributed by atoms with Gasteiger partial charge in [0.2, 0.25) is 0 Å². The van der Waals surface area contributed by atoms with Gasteiger partial charge in [-0.05, 0) is 25.1 Å². The summed E-state index contributed by atoms with van der Waals surface area (Å²) < 4.78 is 38.9. The van der Waals surface area contributed by atoms with Crippen LogP contribution in [0.2, 0.25) is 0 Å². The molecule has 90 valence electrons. The predicted molar refractivity (Wildman–Crippen MR) is 57.7 cm³/mol. The van der Waals surface area contributed by atoms with Gasteiger partial charge in [-0.25, -0.2) is 4.68 Å². The number of aryl methyl sites for hydroxylation is 1. The van der Waals surface area contributed by atoms with E-state index < -0.39 is 11.7 Å². The number of hydrogen-bond donors (Lipinski definition) is 1. The third-order valence-electron chi connectivity index (χ3n) is 2.37. The lowest BCUT2D eigenvalue weighted by Crippen LogP contribution is -2.06. The van der Waals surface area contributed by atoms with Crippen molar-refractivity contribution in [2.45, 2.75) is 13.1 Å². The quantitative estimate of drug-likeness (QED) is 0.834. The number of nitrogens with zero attached hydrogens (tertiary/aromatic N) is 2. The van der Waals surface area contributed by atoms with Crippen molar-refractivity contribution in [1.29, 1.82) is 0 Å². The molecule has 0 aliphatic heterocycles. The van der Waals surface area contributed by atoms with Gasteiger partial charge in [0, 0.05) is 11.8 Å². The van der Waals surface area contributed by atoms with Crippen LogP contribution in [0.15, 0.2) is 30.5 Å². The molecule has 0 amide bonds. The predicted octanol–water partition coefficient (Wildman–Crippen LogP) is 2.78. The monoisotopic (exact) mass is 241 g/mol. The molecule has 0 atom stereocenters. The van der Waals surface area contributed by atoms with Crippen LogP contribution in [0.1, 0.15) is 11.1 Å². The standard InChI is InChI=1S/C11H10F3N3/c1-7-6-17(16-10(7)15)9-4-2-3-8(5-9)11(12,13)14/h2-6H,1H3,(H2,15,16). The van der Waals surface area contributed by atoms with Gasteiger partial charge in [0.05, 0.1) is 11.3 Å². The molecule has 1 aromatic heterocycles. The van der Waals surface area contributed by atoms with E-state index in [0.29, 0.717) is 11.5 Å². The van der Waals surface area contributed by atoms with Crippen LogP contribution in [-0.2, 0) is 6.18 Å². The third kappa shape index (κ3) is 2.25. The molecule has 0 bridgehead atoms. The summed E-state index contributed by atoms with van der Waals surface area (Å²) >= 11 is 0. The van der Waals surface area contributed by atoms with Crippen LogP contribution in [0, 0.1) is 6.92 Å². The maximum absolute atomic E-state index is 12.5. The van der Waals surface area contributed by atoms with Crippen molar-refractivity contribution in [2.75, 3.05) is 5.73 Å². The molecule has 0 saturated heterocycles. The summed E-state index contributed by atoms with van der Waals surface area (Å²) in [4.78, 5) is 0. The molecule has 3 nitrogen and oxygen atoms in total. The van der Waals surface area contributed by atoms with Crippen LogP contribution < -0.4 is 5.73 Å². The topological polar surface area (TPSA) is 43.8 Å². The summed E-state index contributed by atoms with van der Waals surface area (Å²) in [6.07, 6.45) is -2.77. The van der Waals surface area contributed by atoms with Crippen molar-refractivity contribution in [3.63, 3.8) is 0 Å². The molecule has 2 rings (SSSR count). The first-order chi connectivity index (χ1) is 7.88. The molecule has 0 fully saturated rings. The Morgan fingerprint density at radius 2 is 2.00 bits per heavy atom. The molecule has 0 unspecified atom stereocenters. The van der Waals surface area contributed by atoms with E-state index in [4.69, 9.17) is 5.73 Å². The molecule has 0 aliphatic carbocycles. The lowest BCUT2D eigenvalue weighted by Gasteiger charge is -2.08. The molecular weight excluding hydrogens is 231 g/mol. The minimum atomic E-state index is -4.36. The van der Waals surface area contributed by atoms with Gasteiger partial charge in [-0.2, -0.15) is 18.3 Å². The summed E-state index contributed by atoms with van der Waals surface area (Å²) in [5, 5.41) is 3.93. The minimum absolute atomic E-state index is 0.308.